The van der Waals surface area contributed by atoms with E-state index in [2.05, 4.69) is 10.1 Å². The number of nitrogen functional groups attached to an aromatic ring is 1. The summed E-state index contributed by atoms with van der Waals surface area (Å²) in [4.78, 5) is 19.3. The number of carbonyl (C=O) groups is 1. The number of fused-ring (bicyclic) bond motifs is 1. The normalized spacial score (nSPS) is 22.8. The van der Waals surface area contributed by atoms with Crippen LogP contribution in [0.4, 0.5) is 5.95 Å². The van der Waals surface area contributed by atoms with Gasteiger partial charge in [-0.2, -0.15) is 5.10 Å². The van der Waals surface area contributed by atoms with Gasteiger partial charge in [-0.1, -0.05) is 0 Å². The average Bonchev–Trinajstić information content (AvgIpc) is 3.11. The van der Waals surface area contributed by atoms with Crippen LogP contribution in [-0.2, 0) is 9.53 Å². The van der Waals surface area contributed by atoms with E-state index in [4.69, 9.17) is 10.5 Å². The summed E-state index contributed by atoms with van der Waals surface area (Å²) in [6.07, 6.45) is 5.44. The zero-order valence-corrected chi connectivity index (χ0v) is 13.7. The Bertz CT molecular complexity index is 738. The summed E-state index contributed by atoms with van der Waals surface area (Å²) in [6, 6.07) is 3.96. The van der Waals surface area contributed by atoms with Gasteiger partial charge in [0.15, 0.2) is 0 Å². The second-order valence-electron chi connectivity index (χ2n) is 6.72. The summed E-state index contributed by atoms with van der Waals surface area (Å²) in [7, 11) is 0. The molecule has 0 aromatic carbocycles. The molecule has 128 valence electrons. The number of anilines is 1. The molecule has 0 unspecified atom stereocenters. The van der Waals surface area contributed by atoms with Crippen molar-refractivity contribution in [2.24, 2.45) is 5.92 Å². The van der Waals surface area contributed by atoms with Gasteiger partial charge < -0.3 is 15.4 Å². The molecule has 2 aliphatic heterocycles. The molecular formula is C17H23N5O2. The van der Waals surface area contributed by atoms with E-state index in [1.54, 1.807) is 10.7 Å². The largest absolute Gasteiger partial charge is 0.381 e. The fourth-order valence-electron chi connectivity index (χ4n) is 3.81. The Hall–Kier alpha value is -2.15. The van der Waals surface area contributed by atoms with Crippen LogP contribution < -0.4 is 5.73 Å². The van der Waals surface area contributed by atoms with E-state index in [1.807, 2.05) is 17.0 Å². The molecule has 2 N–H and O–H groups in total. The van der Waals surface area contributed by atoms with Crippen LogP contribution in [-0.4, -0.2) is 51.7 Å². The Morgan fingerprint density at radius 2 is 2.12 bits per heavy atom. The number of ether oxygens (including phenoxy) is 1. The van der Waals surface area contributed by atoms with Crippen LogP contribution >= 0.6 is 0 Å². The standard InChI is InChI=1S/C17H23N5O2/c18-17-20-15(10-14-3-6-19-22(14)17)13-2-1-7-21(11-13)16(23)12-4-8-24-9-5-12/h3,6,10,12-13H,1-2,4-5,7-9,11H2,(H2,18,20)/t13-/m0/s1. The number of likely N-dealkylation sites (tertiary alicyclic amines) is 1. The number of hydrogen-bond donors (Lipinski definition) is 1. The van der Waals surface area contributed by atoms with Gasteiger partial charge in [0.2, 0.25) is 11.9 Å². The quantitative estimate of drug-likeness (QED) is 0.901. The summed E-state index contributed by atoms with van der Waals surface area (Å²) >= 11 is 0. The molecule has 2 fully saturated rings. The number of nitrogens with zero attached hydrogens (tertiary/aromatic N) is 4. The first-order valence-corrected chi connectivity index (χ1v) is 8.69. The van der Waals surface area contributed by atoms with Crippen LogP contribution in [0.2, 0.25) is 0 Å². The molecule has 0 saturated carbocycles. The van der Waals surface area contributed by atoms with Gasteiger partial charge in [-0.15, -0.1) is 0 Å². The minimum Gasteiger partial charge on any atom is -0.381 e. The second kappa shape index (κ2) is 6.39. The number of piperidine rings is 1. The number of hydrogen-bond acceptors (Lipinski definition) is 5. The number of rotatable bonds is 2. The Labute approximate surface area is 140 Å². The average molecular weight is 329 g/mol. The molecular weight excluding hydrogens is 306 g/mol. The highest BCUT2D eigenvalue weighted by Crippen LogP contribution is 2.29. The monoisotopic (exact) mass is 329 g/mol. The highest BCUT2D eigenvalue weighted by Gasteiger charge is 2.31. The predicted octanol–water partition coefficient (Wildman–Crippen LogP) is 1.44. The zero-order valence-electron chi connectivity index (χ0n) is 13.7. The van der Waals surface area contributed by atoms with Crippen molar-refractivity contribution in [3.63, 3.8) is 0 Å². The summed E-state index contributed by atoms with van der Waals surface area (Å²) in [5, 5.41) is 4.16. The maximum atomic E-state index is 12.8. The number of nitrogens with two attached hydrogens (primary N) is 1. The fraction of sp³-hybridized carbons (Fsp3) is 0.588. The Morgan fingerprint density at radius 1 is 1.29 bits per heavy atom. The van der Waals surface area contributed by atoms with Gasteiger partial charge in [0, 0.05) is 38.1 Å². The fourth-order valence-corrected chi connectivity index (χ4v) is 3.81. The third-order valence-electron chi connectivity index (χ3n) is 5.15. The first-order valence-electron chi connectivity index (χ1n) is 8.69. The predicted molar refractivity (Wildman–Crippen MR) is 89.5 cm³/mol. The Balaban J connectivity index is 1.52. The molecule has 4 heterocycles. The van der Waals surface area contributed by atoms with Crippen molar-refractivity contribution >= 4 is 17.4 Å². The molecule has 2 aromatic heterocycles. The van der Waals surface area contributed by atoms with Crippen LogP contribution in [0.5, 0.6) is 0 Å². The van der Waals surface area contributed by atoms with E-state index in [0.29, 0.717) is 19.2 Å². The van der Waals surface area contributed by atoms with Crippen molar-refractivity contribution in [2.45, 2.75) is 31.6 Å². The molecule has 0 bridgehead atoms. The summed E-state index contributed by atoms with van der Waals surface area (Å²) in [5.41, 5.74) is 7.93. The molecule has 7 heteroatoms. The maximum Gasteiger partial charge on any atom is 0.225 e. The first kappa shape index (κ1) is 15.4. The van der Waals surface area contributed by atoms with Gasteiger partial charge >= 0.3 is 0 Å². The molecule has 0 radical (unpaired) electrons. The number of amides is 1. The van der Waals surface area contributed by atoms with Crippen molar-refractivity contribution < 1.29 is 9.53 Å². The molecule has 2 aromatic rings. The van der Waals surface area contributed by atoms with E-state index in [9.17, 15) is 4.79 Å². The lowest BCUT2D eigenvalue weighted by Crippen LogP contribution is -2.43. The van der Waals surface area contributed by atoms with Gasteiger partial charge in [0.05, 0.1) is 17.4 Å². The summed E-state index contributed by atoms with van der Waals surface area (Å²) in [6.45, 7) is 2.97. The lowest BCUT2D eigenvalue weighted by molar-refractivity contribution is -0.139. The lowest BCUT2D eigenvalue weighted by Gasteiger charge is -2.35. The Morgan fingerprint density at radius 3 is 2.96 bits per heavy atom. The van der Waals surface area contributed by atoms with Crippen LogP contribution in [0.3, 0.4) is 0 Å². The highest BCUT2D eigenvalue weighted by molar-refractivity contribution is 5.79. The smallest absolute Gasteiger partial charge is 0.225 e. The van der Waals surface area contributed by atoms with Gasteiger partial charge in [-0.25, -0.2) is 9.50 Å². The van der Waals surface area contributed by atoms with Crippen molar-refractivity contribution in [2.75, 3.05) is 32.0 Å². The molecule has 4 rings (SSSR count). The minimum absolute atomic E-state index is 0.118. The van der Waals surface area contributed by atoms with Crippen molar-refractivity contribution in [3.8, 4) is 0 Å². The third kappa shape index (κ3) is 2.84. The van der Waals surface area contributed by atoms with Gasteiger partial charge in [0.25, 0.3) is 0 Å². The molecule has 1 atom stereocenters. The third-order valence-corrected chi connectivity index (χ3v) is 5.15. The van der Waals surface area contributed by atoms with Gasteiger partial charge in [-0.05, 0) is 37.8 Å². The van der Waals surface area contributed by atoms with Crippen LogP contribution in [0.1, 0.15) is 37.3 Å². The zero-order chi connectivity index (χ0) is 16.5. The van der Waals surface area contributed by atoms with Crippen LogP contribution in [0, 0.1) is 5.92 Å². The lowest BCUT2D eigenvalue weighted by atomic mass is 9.91. The van der Waals surface area contributed by atoms with E-state index in [0.717, 1.165) is 50.0 Å². The number of aromatic nitrogens is 3. The summed E-state index contributed by atoms with van der Waals surface area (Å²) in [5.74, 6) is 1.04. The Kier molecular flexibility index (Phi) is 4.10. The molecule has 0 aliphatic carbocycles. The van der Waals surface area contributed by atoms with Gasteiger partial charge in [-0.3, -0.25) is 4.79 Å². The van der Waals surface area contributed by atoms with Crippen molar-refractivity contribution in [1.29, 1.82) is 0 Å². The molecule has 0 spiro atoms. The second-order valence-corrected chi connectivity index (χ2v) is 6.72. The van der Waals surface area contributed by atoms with Crippen molar-refractivity contribution in [3.05, 3.63) is 24.0 Å². The molecule has 24 heavy (non-hydrogen) atoms. The van der Waals surface area contributed by atoms with E-state index in [1.165, 1.54) is 0 Å². The SMILES string of the molecule is Nc1nc([C@H]2CCCN(C(=O)C3CCOCC3)C2)cc2ccnn12. The highest BCUT2D eigenvalue weighted by atomic mass is 16.5. The van der Waals surface area contributed by atoms with E-state index in [-0.39, 0.29) is 17.7 Å². The van der Waals surface area contributed by atoms with E-state index >= 15 is 0 Å². The minimum atomic E-state index is 0.118. The van der Waals surface area contributed by atoms with Crippen LogP contribution in [0.25, 0.3) is 5.52 Å². The summed E-state index contributed by atoms with van der Waals surface area (Å²) < 4.78 is 7.01. The van der Waals surface area contributed by atoms with Crippen molar-refractivity contribution in [1.82, 2.24) is 19.5 Å². The first-order chi connectivity index (χ1) is 11.7. The van der Waals surface area contributed by atoms with Gasteiger partial charge in [0.1, 0.15) is 0 Å². The molecule has 7 nitrogen and oxygen atoms in total. The molecule has 2 aliphatic rings. The topological polar surface area (TPSA) is 85.8 Å². The molecule has 1 amide bonds. The maximum absolute atomic E-state index is 12.8. The number of carbonyl (C=O) groups excluding carboxylic acids is 1. The molecule has 2 saturated heterocycles. The van der Waals surface area contributed by atoms with E-state index < -0.39 is 0 Å². The van der Waals surface area contributed by atoms with Crippen LogP contribution in [0.15, 0.2) is 18.3 Å².